The summed E-state index contributed by atoms with van der Waals surface area (Å²) in [7, 11) is 5.90. The summed E-state index contributed by atoms with van der Waals surface area (Å²) in [5.41, 5.74) is 2.58. The Labute approximate surface area is 155 Å². The van der Waals surface area contributed by atoms with Gasteiger partial charge in [-0.2, -0.15) is 0 Å². The molecule has 0 aliphatic heterocycles. The highest BCUT2D eigenvalue weighted by Gasteiger charge is 2.14. The van der Waals surface area contributed by atoms with Crippen molar-refractivity contribution in [2.75, 3.05) is 19.0 Å². The highest BCUT2D eigenvalue weighted by Crippen LogP contribution is 2.29. The molecule has 0 spiro atoms. The molecule has 0 atom stereocenters. The largest absolute Gasteiger partial charge is 0.378 e. The maximum absolute atomic E-state index is 13.9. The molecule has 3 rings (SSSR count). The number of aromatic nitrogens is 3. The van der Waals surface area contributed by atoms with Gasteiger partial charge in [-0.25, -0.2) is 4.39 Å². The van der Waals surface area contributed by atoms with Gasteiger partial charge in [-0.05, 0) is 36.4 Å². The van der Waals surface area contributed by atoms with Crippen LogP contribution in [0.15, 0.2) is 47.6 Å². The Morgan fingerprint density at radius 2 is 1.84 bits per heavy atom. The molecule has 0 unspecified atom stereocenters. The molecule has 0 aliphatic rings. The molecule has 0 fully saturated rings. The lowest BCUT2D eigenvalue weighted by atomic mass is 10.2. The van der Waals surface area contributed by atoms with Crippen LogP contribution in [-0.4, -0.2) is 28.9 Å². The van der Waals surface area contributed by atoms with Crippen molar-refractivity contribution in [2.24, 2.45) is 7.05 Å². The molecular weight excluding hydrogens is 359 g/mol. The highest BCUT2D eigenvalue weighted by atomic mass is 35.5. The number of benzene rings is 2. The van der Waals surface area contributed by atoms with Gasteiger partial charge < -0.3 is 9.47 Å². The molecule has 1 heterocycles. The molecule has 0 bridgehead atoms. The van der Waals surface area contributed by atoms with E-state index in [1.165, 1.54) is 17.8 Å². The third-order valence-electron chi connectivity index (χ3n) is 3.88. The van der Waals surface area contributed by atoms with E-state index in [9.17, 15) is 4.39 Å². The van der Waals surface area contributed by atoms with Gasteiger partial charge in [0.2, 0.25) is 0 Å². The van der Waals surface area contributed by atoms with Crippen LogP contribution >= 0.6 is 23.4 Å². The molecule has 0 saturated carbocycles. The molecule has 25 heavy (non-hydrogen) atoms. The van der Waals surface area contributed by atoms with Crippen molar-refractivity contribution in [2.45, 2.75) is 10.9 Å². The first kappa shape index (κ1) is 17.8. The minimum absolute atomic E-state index is 0.304. The van der Waals surface area contributed by atoms with Crippen molar-refractivity contribution < 1.29 is 4.39 Å². The van der Waals surface area contributed by atoms with E-state index in [-0.39, 0.29) is 5.82 Å². The van der Waals surface area contributed by atoms with E-state index in [0.29, 0.717) is 21.5 Å². The van der Waals surface area contributed by atoms with Gasteiger partial charge in [0, 0.05) is 48.7 Å². The van der Waals surface area contributed by atoms with Crippen LogP contribution in [0.5, 0.6) is 0 Å². The third-order valence-corrected chi connectivity index (χ3v) is 5.28. The summed E-state index contributed by atoms with van der Waals surface area (Å²) in [5.74, 6) is 0.867. The molecule has 0 radical (unpaired) electrons. The monoisotopic (exact) mass is 376 g/mol. The SMILES string of the molecule is CN(C)c1ccc(-c2nnc(SCc3c(F)cccc3Cl)n2C)cc1. The normalized spacial score (nSPS) is 10.9. The topological polar surface area (TPSA) is 34.0 Å². The zero-order valence-corrected chi connectivity index (χ0v) is 15.8. The molecule has 7 heteroatoms. The summed E-state index contributed by atoms with van der Waals surface area (Å²) in [6.45, 7) is 0. The van der Waals surface area contributed by atoms with E-state index in [1.807, 2.05) is 54.9 Å². The molecule has 0 amide bonds. The summed E-state index contributed by atoms with van der Waals surface area (Å²) < 4.78 is 15.8. The average molecular weight is 377 g/mol. The first-order chi connectivity index (χ1) is 12.0. The van der Waals surface area contributed by atoms with Crippen LogP contribution in [0, 0.1) is 5.82 Å². The lowest BCUT2D eigenvalue weighted by molar-refractivity contribution is 0.617. The fourth-order valence-electron chi connectivity index (χ4n) is 2.41. The maximum atomic E-state index is 13.9. The van der Waals surface area contributed by atoms with Gasteiger partial charge in [0.05, 0.1) is 0 Å². The molecule has 0 aliphatic carbocycles. The minimum Gasteiger partial charge on any atom is -0.378 e. The Morgan fingerprint density at radius 3 is 2.48 bits per heavy atom. The summed E-state index contributed by atoms with van der Waals surface area (Å²) in [4.78, 5) is 2.04. The second-order valence-corrected chi connectivity index (χ2v) is 7.15. The second-order valence-electron chi connectivity index (χ2n) is 5.80. The molecule has 2 aromatic carbocycles. The summed E-state index contributed by atoms with van der Waals surface area (Å²) in [5, 5.41) is 9.63. The summed E-state index contributed by atoms with van der Waals surface area (Å²) in [6, 6.07) is 12.8. The van der Waals surface area contributed by atoms with E-state index < -0.39 is 0 Å². The fraction of sp³-hybridized carbons (Fsp3) is 0.222. The molecule has 0 N–H and O–H groups in total. The van der Waals surface area contributed by atoms with Crippen LogP contribution in [-0.2, 0) is 12.8 Å². The zero-order valence-electron chi connectivity index (χ0n) is 14.2. The van der Waals surface area contributed by atoms with Gasteiger partial charge in [0.15, 0.2) is 11.0 Å². The maximum Gasteiger partial charge on any atom is 0.191 e. The van der Waals surface area contributed by atoms with Gasteiger partial charge in [0.25, 0.3) is 0 Å². The van der Waals surface area contributed by atoms with Gasteiger partial charge in [0.1, 0.15) is 5.82 Å². The Kier molecular flexibility index (Phi) is 5.30. The molecule has 1 aromatic heterocycles. The van der Waals surface area contributed by atoms with E-state index >= 15 is 0 Å². The molecular formula is C18H18ClFN4S. The van der Waals surface area contributed by atoms with Gasteiger partial charge in [-0.1, -0.05) is 29.4 Å². The van der Waals surface area contributed by atoms with E-state index in [2.05, 4.69) is 10.2 Å². The summed E-state index contributed by atoms with van der Waals surface area (Å²) in [6.07, 6.45) is 0. The van der Waals surface area contributed by atoms with Crippen molar-refractivity contribution in [3.05, 3.63) is 58.9 Å². The fourth-order valence-corrected chi connectivity index (χ4v) is 3.66. The first-order valence-corrected chi connectivity index (χ1v) is 9.06. The van der Waals surface area contributed by atoms with Gasteiger partial charge >= 0.3 is 0 Å². The predicted molar refractivity (Wildman–Crippen MR) is 102 cm³/mol. The van der Waals surface area contributed by atoms with Crippen molar-refractivity contribution in [3.63, 3.8) is 0 Å². The number of rotatable bonds is 5. The minimum atomic E-state index is -0.304. The van der Waals surface area contributed by atoms with Crippen LogP contribution in [0.3, 0.4) is 0 Å². The Balaban J connectivity index is 1.79. The van der Waals surface area contributed by atoms with Crippen molar-refractivity contribution in [3.8, 4) is 11.4 Å². The lowest BCUT2D eigenvalue weighted by Crippen LogP contribution is -2.08. The van der Waals surface area contributed by atoms with Gasteiger partial charge in [-0.15, -0.1) is 10.2 Å². The van der Waals surface area contributed by atoms with Crippen LogP contribution in [0.4, 0.5) is 10.1 Å². The molecule has 3 aromatic rings. The van der Waals surface area contributed by atoms with Crippen LogP contribution < -0.4 is 4.90 Å². The van der Waals surface area contributed by atoms with Crippen LogP contribution in [0.2, 0.25) is 5.02 Å². The summed E-state index contributed by atoms with van der Waals surface area (Å²) >= 11 is 7.49. The highest BCUT2D eigenvalue weighted by molar-refractivity contribution is 7.98. The van der Waals surface area contributed by atoms with E-state index in [0.717, 1.165) is 17.1 Å². The smallest absolute Gasteiger partial charge is 0.191 e. The number of hydrogen-bond donors (Lipinski definition) is 0. The van der Waals surface area contributed by atoms with Crippen molar-refractivity contribution in [1.29, 1.82) is 0 Å². The lowest BCUT2D eigenvalue weighted by Gasteiger charge is -2.12. The molecule has 0 saturated heterocycles. The number of nitrogens with zero attached hydrogens (tertiary/aromatic N) is 4. The van der Waals surface area contributed by atoms with E-state index in [4.69, 9.17) is 11.6 Å². The molecule has 4 nitrogen and oxygen atoms in total. The zero-order chi connectivity index (χ0) is 18.0. The number of halogens is 2. The molecule has 130 valence electrons. The Bertz CT molecular complexity index is 857. The Morgan fingerprint density at radius 1 is 1.12 bits per heavy atom. The van der Waals surface area contributed by atoms with Crippen LogP contribution in [0.1, 0.15) is 5.56 Å². The second kappa shape index (κ2) is 7.45. The average Bonchev–Trinajstić information content (AvgIpc) is 2.95. The van der Waals surface area contributed by atoms with Crippen molar-refractivity contribution in [1.82, 2.24) is 14.8 Å². The quantitative estimate of drug-likeness (QED) is 0.608. The van der Waals surface area contributed by atoms with E-state index in [1.54, 1.807) is 12.1 Å². The Hall–Kier alpha value is -2.05. The first-order valence-electron chi connectivity index (χ1n) is 7.70. The predicted octanol–water partition coefficient (Wildman–Crippen LogP) is 4.63. The van der Waals surface area contributed by atoms with Gasteiger partial charge in [-0.3, -0.25) is 0 Å². The number of anilines is 1. The number of thioether (sulfide) groups is 1. The standard InChI is InChI=1S/C18H18ClFN4S/c1-23(2)13-9-7-12(8-10-13)17-21-22-18(24(17)3)25-11-14-15(19)5-4-6-16(14)20/h4-10H,11H2,1-3H3. The third kappa shape index (κ3) is 3.80. The number of hydrogen-bond acceptors (Lipinski definition) is 4. The van der Waals surface area contributed by atoms with Crippen molar-refractivity contribution >= 4 is 29.1 Å². The van der Waals surface area contributed by atoms with Crippen LogP contribution in [0.25, 0.3) is 11.4 Å².